The van der Waals surface area contributed by atoms with Crippen molar-refractivity contribution in [1.29, 1.82) is 0 Å². The molecule has 7 aromatic carbocycles. The van der Waals surface area contributed by atoms with Crippen LogP contribution in [0.4, 0.5) is 0 Å². The van der Waals surface area contributed by atoms with Crippen molar-refractivity contribution < 1.29 is 0 Å². The Morgan fingerprint density at radius 3 is 1.89 bits per heavy atom. The monoisotopic (exact) mass is 558 g/mol. The molecule has 0 radical (unpaired) electrons. The van der Waals surface area contributed by atoms with Crippen molar-refractivity contribution in [3.63, 3.8) is 0 Å². The zero-order valence-corrected chi connectivity index (χ0v) is 23.9. The van der Waals surface area contributed by atoms with Crippen LogP contribution >= 0.6 is 0 Å². The third kappa shape index (κ3) is 3.14. The predicted octanol–water partition coefficient (Wildman–Crippen LogP) is 11.3. The zero-order chi connectivity index (χ0) is 28.8. The van der Waals surface area contributed by atoms with Gasteiger partial charge >= 0.3 is 0 Å². The highest BCUT2D eigenvalue weighted by Crippen LogP contribution is 2.43. The van der Waals surface area contributed by atoms with E-state index in [0.29, 0.717) is 0 Å². The molecule has 0 saturated heterocycles. The summed E-state index contributed by atoms with van der Waals surface area (Å²) in [7, 11) is 0. The van der Waals surface area contributed by atoms with Crippen molar-refractivity contribution in [2.75, 3.05) is 0 Å². The largest absolute Gasteiger partial charge is 0.309 e. The average Bonchev–Trinajstić information content (AvgIpc) is 3.73. The van der Waals surface area contributed by atoms with Crippen LogP contribution in [0.25, 0.3) is 87.8 Å². The maximum atomic E-state index is 2.49. The first-order valence-electron chi connectivity index (χ1n) is 15.2. The smallest absolute Gasteiger partial charge is 0.0620 e. The second-order valence-corrected chi connectivity index (χ2v) is 11.8. The Hall–Kier alpha value is -5.86. The van der Waals surface area contributed by atoms with Gasteiger partial charge in [0.2, 0.25) is 0 Å². The van der Waals surface area contributed by atoms with Crippen LogP contribution in [0.5, 0.6) is 0 Å². The molecule has 0 unspecified atom stereocenters. The van der Waals surface area contributed by atoms with Gasteiger partial charge in [-0.15, -0.1) is 0 Å². The van der Waals surface area contributed by atoms with E-state index in [4.69, 9.17) is 0 Å². The van der Waals surface area contributed by atoms with Crippen molar-refractivity contribution in [3.8, 4) is 27.9 Å². The second-order valence-electron chi connectivity index (χ2n) is 11.8. The van der Waals surface area contributed by atoms with Crippen molar-refractivity contribution in [3.05, 3.63) is 158 Å². The molecule has 0 fully saturated rings. The normalized spacial score (nSPS) is 12.1. The summed E-state index contributed by atoms with van der Waals surface area (Å²) in [5.41, 5.74) is 12.4. The van der Waals surface area contributed by atoms with E-state index >= 15 is 0 Å². The lowest BCUT2D eigenvalue weighted by Gasteiger charge is -2.09. The van der Waals surface area contributed by atoms with Crippen LogP contribution in [0.3, 0.4) is 0 Å². The van der Waals surface area contributed by atoms with Crippen molar-refractivity contribution in [2.24, 2.45) is 0 Å². The standard InChI is InChI=1S/C42H26N2/c1-3-11-27(12-4-1)28-22-24-38-36(25-28)34-18-9-17-33-32-23-21-29(26-40(32)44(38)42(33)34)31-16-10-20-39-41(31)35-15-7-8-19-37(35)43(39)30-13-5-2-6-14-30/h1-26H. The van der Waals surface area contributed by atoms with Crippen LogP contribution in [-0.4, -0.2) is 8.97 Å². The van der Waals surface area contributed by atoms with E-state index in [1.54, 1.807) is 0 Å². The van der Waals surface area contributed by atoms with Gasteiger partial charge in [-0.3, -0.25) is 0 Å². The number of benzene rings is 7. The minimum Gasteiger partial charge on any atom is -0.309 e. The van der Waals surface area contributed by atoms with Gasteiger partial charge < -0.3 is 8.97 Å². The topological polar surface area (TPSA) is 9.34 Å². The highest BCUT2D eigenvalue weighted by atomic mass is 15.0. The molecule has 0 aliphatic rings. The lowest BCUT2D eigenvalue weighted by Crippen LogP contribution is -1.92. The SMILES string of the molecule is c1ccc(-c2ccc3c(c2)c2cccc4c5ccc(-c6cccc7c6c6ccccc6n7-c6ccccc6)cc5n3c24)cc1. The van der Waals surface area contributed by atoms with E-state index in [-0.39, 0.29) is 0 Å². The molecule has 0 atom stereocenters. The Morgan fingerprint density at radius 1 is 0.341 bits per heavy atom. The molecule has 0 amide bonds. The van der Waals surface area contributed by atoms with Crippen LogP contribution in [0.1, 0.15) is 0 Å². The summed E-state index contributed by atoms with van der Waals surface area (Å²) in [6, 6.07) is 57.6. The summed E-state index contributed by atoms with van der Waals surface area (Å²) in [4.78, 5) is 0. The number of nitrogens with zero attached hydrogens (tertiary/aromatic N) is 2. The second kappa shape index (κ2) is 8.82. The summed E-state index contributed by atoms with van der Waals surface area (Å²) in [5, 5.41) is 7.77. The number of rotatable bonds is 3. The average molecular weight is 559 g/mol. The first-order chi connectivity index (χ1) is 21.8. The molecule has 0 aliphatic carbocycles. The maximum absolute atomic E-state index is 2.49. The van der Waals surface area contributed by atoms with E-state index in [2.05, 4.69) is 167 Å². The summed E-state index contributed by atoms with van der Waals surface area (Å²) in [6.07, 6.45) is 0. The van der Waals surface area contributed by atoms with Crippen LogP contribution in [0.2, 0.25) is 0 Å². The molecule has 204 valence electrons. The molecule has 10 aromatic rings. The van der Waals surface area contributed by atoms with Gasteiger partial charge in [0.25, 0.3) is 0 Å². The molecule has 2 nitrogen and oxygen atoms in total. The molecule has 3 heterocycles. The molecule has 0 bridgehead atoms. The van der Waals surface area contributed by atoms with E-state index < -0.39 is 0 Å². The Labute approximate surface area is 254 Å². The molecule has 0 aliphatic heterocycles. The number of para-hydroxylation sites is 3. The lowest BCUT2D eigenvalue weighted by molar-refractivity contribution is 1.18. The van der Waals surface area contributed by atoms with Gasteiger partial charge in [0.15, 0.2) is 0 Å². The van der Waals surface area contributed by atoms with E-state index in [9.17, 15) is 0 Å². The van der Waals surface area contributed by atoms with Gasteiger partial charge in [-0.25, -0.2) is 0 Å². The van der Waals surface area contributed by atoms with Crippen LogP contribution in [0, 0.1) is 0 Å². The molecule has 44 heavy (non-hydrogen) atoms. The van der Waals surface area contributed by atoms with E-state index in [0.717, 1.165) is 0 Å². The van der Waals surface area contributed by atoms with Crippen LogP contribution in [-0.2, 0) is 0 Å². The third-order valence-corrected chi connectivity index (χ3v) is 9.45. The summed E-state index contributed by atoms with van der Waals surface area (Å²) in [6.45, 7) is 0. The molecular weight excluding hydrogens is 532 g/mol. The van der Waals surface area contributed by atoms with Gasteiger partial charge in [-0.05, 0) is 64.7 Å². The Bertz CT molecular complexity index is 2690. The fourth-order valence-electron chi connectivity index (χ4n) is 7.57. The van der Waals surface area contributed by atoms with Gasteiger partial charge in [-0.1, -0.05) is 115 Å². The Kier molecular flexibility index (Phi) is 4.75. The van der Waals surface area contributed by atoms with Gasteiger partial charge in [0.1, 0.15) is 0 Å². The first-order valence-corrected chi connectivity index (χ1v) is 15.2. The van der Waals surface area contributed by atoms with E-state index in [1.807, 2.05) is 0 Å². The molecule has 2 heteroatoms. The van der Waals surface area contributed by atoms with Crippen LogP contribution < -0.4 is 0 Å². The van der Waals surface area contributed by atoms with Crippen LogP contribution in [0.15, 0.2) is 158 Å². The fourth-order valence-corrected chi connectivity index (χ4v) is 7.57. The molecule has 0 spiro atoms. The number of hydrogen-bond donors (Lipinski definition) is 0. The third-order valence-electron chi connectivity index (χ3n) is 9.45. The minimum absolute atomic E-state index is 1.18. The van der Waals surface area contributed by atoms with Gasteiger partial charge in [-0.2, -0.15) is 0 Å². The molecule has 0 saturated carbocycles. The maximum Gasteiger partial charge on any atom is 0.0620 e. The van der Waals surface area contributed by atoms with Gasteiger partial charge in [0, 0.05) is 38.0 Å². The minimum atomic E-state index is 1.18. The molecule has 0 N–H and O–H groups in total. The zero-order valence-electron chi connectivity index (χ0n) is 23.9. The van der Waals surface area contributed by atoms with Crippen molar-refractivity contribution >= 4 is 59.9 Å². The fraction of sp³-hybridized carbons (Fsp3) is 0. The lowest BCUT2D eigenvalue weighted by atomic mass is 9.98. The Morgan fingerprint density at radius 2 is 1.02 bits per heavy atom. The number of hydrogen-bond acceptors (Lipinski definition) is 0. The van der Waals surface area contributed by atoms with Gasteiger partial charge in [0.05, 0.1) is 27.6 Å². The molecule has 10 rings (SSSR count). The highest BCUT2D eigenvalue weighted by molar-refractivity contribution is 6.24. The summed E-state index contributed by atoms with van der Waals surface area (Å²) in [5.74, 6) is 0. The summed E-state index contributed by atoms with van der Waals surface area (Å²) >= 11 is 0. The van der Waals surface area contributed by atoms with E-state index in [1.165, 1.54) is 87.8 Å². The number of aromatic nitrogens is 2. The quantitative estimate of drug-likeness (QED) is 0.204. The number of fused-ring (bicyclic) bond motifs is 9. The first kappa shape index (κ1) is 23.7. The highest BCUT2D eigenvalue weighted by Gasteiger charge is 2.20. The molecular formula is C42H26N2. The Balaban J connectivity index is 1.27. The van der Waals surface area contributed by atoms with Crippen molar-refractivity contribution in [1.82, 2.24) is 8.97 Å². The molecule has 3 aromatic heterocycles. The van der Waals surface area contributed by atoms with Crippen molar-refractivity contribution in [2.45, 2.75) is 0 Å². The predicted molar refractivity (Wildman–Crippen MR) is 186 cm³/mol. The summed E-state index contributed by atoms with van der Waals surface area (Å²) < 4.78 is 4.88.